The zero-order chi connectivity index (χ0) is 20.0. The van der Waals surface area contributed by atoms with Crippen molar-refractivity contribution in [1.82, 2.24) is 0 Å². The summed E-state index contributed by atoms with van der Waals surface area (Å²) in [5, 5.41) is 6.34. The fourth-order valence-corrected chi connectivity index (χ4v) is 2.34. The van der Waals surface area contributed by atoms with E-state index in [1.807, 2.05) is 0 Å². The summed E-state index contributed by atoms with van der Waals surface area (Å²) in [6.07, 6.45) is -5.55. The second kappa shape index (κ2) is 8.77. The fourth-order valence-electron chi connectivity index (χ4n) is 2.14. The average Bonchev–Trinajstić information content (AvgIpc) is 2.61. The number of halogens is 4. The first-order valence-electron chi connectivity index (χ1n) is 7.87. The van der Waals surface area contributed by atoms with Gasteiger partial charge in [0.2, 0.25) is 6.10 Å². The minimum absolute atomic E-state index is 0.0680. The van der Waals surface area contributed by atoms with Gasteiger partial charge in [-0.05, 0) is 30.7 Å². The maximum absolute atomic E-state index is 13.0. The van der Waals surface area contributed by atoms with E-state index in [2.05, 4.69) is 10.5 Å². The summed E-state index contributed by atoms with van der Waals surface area (Å²) in [6.45, 7) is 1.35. The number of para-hydroxylation sites is 1. The molecule has 0 bridgehead atoms. The van der Waals surface area contributed by atoms with Crippen molar-refractivity contribution < 1.29 is 22.8 Å². The molecular weight excluding hydrogens is 383 g/mol. The first-order valence-corrected chi connectivity index (χ1v) is 8.25. The maximum atomic E-state index is 13.0. The van der Waals surface area contributed by atoms with Crippen LogP contribution in [-0.2, 0) is 22.2 Å². The Labute approximate surface area is 158 Å². The molecule has 0 aliphatic carbocycles. The van der Waals surface area contributed by atoms with E-state index in [-0.39, 0.29) is 17.9 Å². The van der Waals surface area contributed by atoms with Crippen molar-refractivity contribution in [3.63, 3.8) is 0 Å². The van der Waals surface area contributed by atoms with Crippen LogP contribution in [0.25, 0.3) is 0 Å². The van der Waals surface area contributed by atoms with Crippen molar-refractivity contribution >= 4 is 29.0 Å². The smallest absolute Gasteiger partial charge is 0.384 e. The highest BCUT2D eigenvalue weighted by Gasteiger charge is 2.34. The van der Waals surface area contributed by atoms with Crippen LogP contribution in [0.15, 0.2) is 53.7 Å². The summed E-state index contributed by atoms with van der Waals surface area (Å²) in [7, 11) is 0. The van der Waals surface area contributed by atoms with Crippen LogP contribution < -0.4 is 11.1 Å². The van der Waals surface area contributed by atoms with Crippen LogP contribution >= 0.6 is 11.6 Å². The highest BCUT2D eigenvalue weighted by Crippen LogP contribution is 2.34. The number of hydrogen-bond acceptors (Lipinski definition) is 3. The molecule has 0 radical (unpaired) electrons. The lowest BCUT2D eigenvalue weighted by atomic mass is 10.1. The molecule has 2 aromatic rings. The monoisotopic (exact) mass is 399 g/mol. The number of amides is 1. The van der Waals surface area contributed by atoms with Gasteiger partial charge in [-0.3, -0.25) is 4.79 Å². The van der Waals surface area contributed by atoms with E-state index in [1.165, 1.54) is 19.1 Å². The first-order chi connectivity index (χ1) is 12.7. The molecule has 2 rings (SSSR count). The highest BCUT2D eigenvalue weighted by molar-refractivity contribution is 6.31. The van der Waals surface area contributed by atoms with E-state index in [0.29, 0.717) is 5.02 Å². The van der Waals surface area contributed by atoms with E-state index in [0.717, 1.165) is 17.7 Å². The van der Waals surface area contributed by atoms with E-state index in [4.69, 9.17) is 22.2 Å². The largest absolute Gasteiger partial charge is 0.418 e. The molecule has 0 aromatic heterocycles. The van der Waals surface area contributed by atoms with Crippen LogP contribution in [0.4, 0.5) is 18.9 Å². The zero-order valence-corrected chi connectivity index (χ0v) is 15.0. The summed E-state index contributed by atoms with van der Waals surface area (Å²) >= 11 is 6.02. The molecule has 0 heterocycles. The van der Waals surface area contributed by atoms with Gasteiger partial charge in [-0.25, -0.2) is 0 Å². The molecule has 27 heavy (non-hydrogen) atoms. The summed E-state index contributed by atoms with van der Waals surface area (Å²) in [5.41, 5.74) is 5.15. The van der Waals surface area contributed by atoms with Gasteiger partial charge in [0.15, 0.2) is 0 Å². The number of nitrogens with zero attached hydrogens (tertiary/aromatic N) is 1. The molecule has 144 valence electrons. The average molecular weight is 400 g/mol. The van der Waals surface area contributed by atoms with Gasteiger partial charge in [-0.15, -0.1) is 0 Å². The number of nitrogens with one attached hydrogen (secondary N) is 1. The van der Waals surface area contributed by atoms with E-state index in [9.17, 15) is 18.0 Å². The van der Waals surface area contributed by atoms with E-state index < -0.39 is 23.8 Å². The number of alkyl halides is 3. The molecule has 3 N–H and O–H groups in total. The Bertz CT molecular complexity index is 841. The lowest BCUT2D eigenvalue weighted by molar-refractivity contribution is -0.137. The fraction of sp³-hybridized carbons (Fsp3) is 0.222. The quantitative estimate of drug-likeness (QED) is 0.434. The minimum Gasteiger partial charge on any atom is -0.384 e. The second-order valence-electron chi connectivity index (χ2n) is 5.63. The summed E-state index contributed by atoms with van der Waals surface area (Å²) < 4.78 is 38.9. The van der Waals surface area contributed by atoms with Crippen molar-refractivity contribution in [2.24, 2.45) is 10.9 Å². The molecule has 9 heteroatoms. The van der Waals surface area contributed by atoms with Crippen LogP contribution in [0.3, 0.4) is 0 Å². The number of anilines is 1. The Kier molecular flexibility index (Phi) is 6.68. The van der Waals surface area contributed by atoms with Gasteiger partial charge >= 0.3 is 6.18 Å². The minimum atomic E-state index is -4.59. The standard InChI is InChI=1S/C18H17ClF3N3O2/c1-11(27-25-16(23)10-12-6-2-4-8-14(12)19)17(26)24-15-9-5-3-7-13(15)18(20,21)22/h2-9,11H,10H2,1H3,(H2,23,25)(H,24,26). The molecule has 0 aliphatic rings. The predicted molar refractivity (Wildman–Crippen MR) is 97.4 cm³/mol. The Morgan fingerprint density at radius 2 is 1.85 bits per heavy atom. The molecule has 0 aliphatic heterocycles. The number of hydrogen-bond donors (Lipinski definition) is 2. The zero-order valence-electron chi connectivity index (χ0n) is 14.3. The van der Waals surface area contributed by atoms with Crippen molar-refractivity contribution in [2.45, 2.75) is 25.6 Å². The summed E-state index contributed by atoms with van der Waals surface area (Å²) in [6, 6.07) is 11.6. The van der Waals surface area contributed by atoms with Crippen LogP contribution in [0.5, 0.6) is 0 Å². The van der Waals surface area contributed by atoms with Crippen molar-refractivity contribution in [1.29, 1.82) is 0 Å². The molecule has 0 fully saturated rings. The first kappa shape index (κ1) is 20.6. The Balaban J connectivity index is 1.99. The van der Waals surface area contributed by atoms with Gasteiger partial charge in [0, 0.05) is 11.4 Å². The molecule has 1 unspecified atom stereocenters. The Hall–Kier alpha value is -2.74. The number of carbonyl (C=O) groups excluding carboxylic acids is 1. The Morgan fingerprint density at radius 3 is 2.52 bits per heavy atom. The predicted octanol–water partition coefficient (Wildman–Crippen LogP) is 4.22. The van der Waals surface area contributed by atoms with Crippen molar-refractivity contribution in [3.05, 3.63) is 64.7 Å². The number of carbonyl (C=O) groups is 1. The van der Waals surface area contributed by atoms with Gasteiger partial charge in [0.25, 0.3) is 5.91 Å². The SMILES string of the molecule is CC(ON=C(N)Cc1ccccc1Cl)C(=O)Nc1ccccc1C(F)(F)F. The topological polar surface area (TPSA) is 76.7 Å². The number of amidine groups is 1. The van der Waals surface area contributed by atoms with E-state index in [1.54, 1.807) is 24.3 Å². The van der Waals surface area contributed by atoms with Crippen molar-refractivity contribution in [3.8, 4) is 0 Å². The highest BCUT2D eigenvalue weighted by atomic mass is 35.5. The third kappa shape index (κ3) is 5.89. The molecular formula is C18H17ClF3N3O2. The molecule has 1 atom stereocenters. The van der Waals surface area contributed by atoms with Gasteiger partial charge in [0.1, 0.15) is 5.84 Å². The molecule has 1 amide bonds. The molecule has 0 saturated carbocycles. The third-order valence-corrected chi connectivity index (χ3v) is 3.89. The summed E-state index contributed by atoms with van der Waals surface area (Å²) in [5.74, 6) is -0.723. The van der Waals surface area contributed by atoms with Crippen LogP contribution in [0.2, 0.25) is 5.02 Å². The van der Waals surface area contributed by atoms with Crippen molar-refractivity contribution in [2.75, 3.05) is 5.32 Å². The molecule has 5 nitrogen and oxygen atoms in total. The molecule has 0 spiro atoms. The number of oxime groups is 1. The maximum Gasteiger partial charge on any atom is 0.418 e. The number of rotatable bonds is 6. The second-order valence-corrected chi connectivity index (χ2v) is 6.04. The van der Waals surface area contributed by atoms with Crippen LogP contribution in [0.1, 0.15) is 18.1 Å². The molecule has 0 saturated heterocycles. The normalized spacial score (nSPS) is 13.1. The Morgan fingerprint density at radius 1 is 1.22 bits per heavy atom. The third-order valence-electron chi connectivity index (χ3n) is 3.52. The summed E-state index contributed by atoms with van der Waals surface area (Å²) in [4.78, 5) is 17.1. The van der Waals surface area contributed by atoms with Crippen LogP contribution in [0, 0.1) is 0 Å². The van der Waals surface area contributed by atoms with Crippen LogP contribution in [-0.4, -0.2) is 17.8 Å². The van der Waals surface area contributed by atoms with Gasteiger partial charge < -0.3 is 15.9 Å². The lowest BCUT2D eigenvalue weighted by Crippen LogP contribution is -2.28. The number of nitrogens with two attached hydrogens (primary N) is 1. The lowest BCUT2D eigenvalue weighted by Gasteiger charge is -2.15. The number of benzene rings is 2. The molecule has 2 aromatic carbocycles. The van der Waals surface area contributed by atoms with Gasteiger partial charge in [-0.1, -0.05) is 47.1 Å². The van der Waals surface area contributed by atoms with Gasteiger partial charge in [-0.2, -0.15) is 13.2 Å². The van der Waals surface area contributed by atoms with E-state index >= 15 is 0 Å². The van der Waals surface area contributed by atoms with Gasteiger partial charge in [0.05, 0.1) is 11.3 Å².